The lowest BCUT2D eigenvalue weighted by Crippen LogP contribution is -2.56. The fraction of sp³-hybridized carbons (Fsp3) is 0.333. The summed E-state index contributed by atoms with van der Waals surface area (Å²) in [6, 6.07) is 14.2. The zero-order chi connectivity index (χ0) is 18.6. The van der Waals surface area contributed by atoms with Gasteiger partial charge in [-0.2, -0.15) is 0 Å². The van der Waals surface area contributed by atoms with Gasteiger partial charge in [-0.05, 0) is 62.8 Å². The van der Waals surface area contributed by atoms with Crippen molar-refractivity contribution >= 4 is 23.2 Å². The molecule has 1 fully saturated rings. The first-order chi connectivity index (χ1) is 12.5. The van der Waals surface area contributed by atoms with Gasteiger partial charge in [0.25, 0.3) is 0 Å². The highest BCUT2D eigenvalue weighted by atomic mass is 35.5. The van der Waals surface area contributed by atoms with Crippen LogP contribution in [0.3, 0.4) is 0 Å². The van der Waals surface area contributed by atoms with Gasteiger partial charge in [-0.1, -0.05) is 41.9 Å². The Labute approximate surface area is 158 Å². The van der Waals surface area contributed by atoms with Crippen LogP contribution in [-0.4, -0.2) is 11.6 Å². The third kappa shape index (κ3) is 4.36. The molecule has 5 heteroatoms. The van der Waals surface area contributed by atoms with Gasteiger partial charge >= 0.3 is 0 Å². The monoisotopic (exact) mass is 373 g/mol. The number of halogens is 2. The summed E-state index contributed by atoms with van der Waals surface area (Å²) < 4.78 is 13.4. The summed E-state index contributed by atoms with van der Waals surface area (Å²) in [5, 5.41) is 6.64. The lowest BCUT2D eigenvalue weighted by atomic mass is 9.87. The Kier molecular flexibility index (Phi) is 5.82. The van der Waals surface area contributed by atoms with Crippen molar-refractivity contribution in [3.63, 3.8) is 0 Å². The third-order valence-electron chi connectivity index (χ3n) is 4.86. The van der Waals surface area contributed by atoms with Crippen molar-refractivity contribution in [2.24, 2.45) is 0 Å². The van der Waals surface area contributed by atoms with Crippen LogP contribution in [0.4, 0.5) is 10.1 Å². The van der Waals surface area contributed by atoms with E-state index in [1.54, 1.807) is 12.1 Å². The summed E-state index contributed by atoms with van der Waals surface area (Å²) in [6.45, 7) is 1.90. The van der Waals surface area contributed by atoms with Crippen molar-refractivity contribution in [1.82, 2.24) is 5.32 Å². The van der Waals surface area contributed by atoms with Gasteiger partial charge in [-0.25, -0.2) is 4.39 Å². The van der Waals surface area contributed by atoms with E-state index >= 15 is 0 Å². The molecule has 0 aromatic heterocycles. The molecule has 0 saturated heterocycles. The average molecular weight is 374 g/mol. The number of amides is 1. The zero-order valence-corrected chi connectivity index (χ0v) is 15.5. The molecule has 1 radical (unpaired) electrons. The maximum atomic E-state index is 13.4. The quantitative estimate of drug-likeness (QED) is 0.699. The van der Waals surface area contributed by atoms with Crippen molar-refractivity contribution in [2.75, 3.05) is 5.32 Å². The van der Waals surface area contributed by atoms with Crippen molar-refractivity contribution in [3.8, 4) is 0 Å². The van der Waals surface area contributed by atoms with Crippen LogP contribution >= 0.6 is 11.6 Å². The largest absolute Gasteiger partial charge is 0.363 e. The second-order valence-corrected chi connectivity index (χ2v) is 7.25. The van der Waals surface area contributed by atoms with E-state index in [4.69, 9.17) is 11.6 Å². The van der Waals surface area contributed by atoms with Crippen LogP contribution in [0.2, 0.25) is 5.02 Å². The Morgan fingerprint density at radius 2 is 2.00 bits per heavy atom. The van der Waals surface area contributed by atoms with E-state index in [0.29, 0.717) is 12.1 Å². The standard InChI is InChI=1S/C21H23ClFN2O/c1-15(16-8-4-2-5-9-16)20(26)25-21(12-6-3-7-13-21)24-17-10-11-19(23)18(22)14-17/h2,4-6,8-11,14-15,24H,3,7,12-13H2,1H3,(H,25,26). The highest BCUT2D eigenvalue weighted by Crippen LogP contribution is 2.31. The second kappa shape index (κ2) is 8.09. The van der Waals surface area contributed by atoms with Gasteiger partial charge in [0.1, 0.15) is 11.5 Å². The predicted molar refractivity (Wildman–Crippen MR) is 104 cm³/mol. The zero-order valence-electron chi connectivity index (χ0n) is 14.8. The molecule has 2 aromatic carbocycles. The molecular formula is C21H23ClFN2O. The Hall–Kier alpha value is -2.07. The van der Waals surface area contributed by atoms with Gasteiger partial charge in [0.05, 0.1) is 10.9 Å². The molecule has 1 aliphatic carbocycles. The van der Waals surface area contributed by atoms with Crippen LogP contribution in [0, 0.1) is 12.2 Å². The average Bonchev–Trinajstić information content (AvgIpc) is 2.65. The summed E-state index contributed by atoms with van der Waals surface area (Å²) in [5.41, 5.74) is 1.09. The molecule has 0 heterocycles. The lowest BCUT2D eigenvalue weighted by Gasteiger charge is -2.40. The molecule has 2 unspecified atom stereocenters. The molecule has 0 spiro atoms. The first kappa shape index (κ1) is 18.7. The van der Waals surface area contributed by atoms with E-state index in [1.165, 1.54) is 6.07 Å². The number of hydrogen-bond acceptors (Lipinski definition) is 2. The molecule has 2 atom stereocenters. The second-order valence-electron chi connectivity index (χ2n) is 6.84. The van der Waals surface area contributed by atoms with E-state index in [1.807, 2.05) is 37.3 Å². The summed E-state index contributed by atoms with van der Waals surface area (Å²) >= 11 is 5.90. The SMILES string of the molecule is CC(C(=O)NC1(Nc2ccc(F)c(Cl)c2)C[CH]CCC1)c1ccccc1. The number of rotatable bonds is 5. The predicted octanol–water partition coefficient (Wildman–Crippen LogP) is 5.29. The normalized spacial score (nSPS) is 17.3. The van der Waals surface area contributed by atoms with Gasteiger partial charge in [-0.15, -0.1) is 0 Å². The Morgan fingerprint density at radius 1 is 1.23 bits per heavy atom. The fourth-order valence-corrected chi connectivity index (χ4v) is 3.52. The minimum absolute atomic E-state index is 0.0350. The van der Waals surface area contributed by atoms with Crippen molar-refractivity contribution < 1.29 is 9.18 Å². The van der Waals surface area contributed by atoms with Crippen LogP contribution < -0.4 is 10.6 Å². The van der Waals surface area contributed by atoms with Crippen molar-refractivity contribution in [3.05, 3.63) is 71.4 Å². The molecular weight excluding hydrogens is 351 g/mol. The first-order valence-corrected chi connectivity index (χ1v) is 9.29. The molecule has 26 heavy (non-hydrogen) atoms. The van der Waals surface area contributed by atoms with E-state index in [2.05, 4.69) is 17.1 Å². The molecule has 2 aromatic rings. The Balaban J connectivity index is 1.78. The van der Waals surface area contributed by atoms with Crippen LogP contribution in [-0.2, 0) is 4.79 Å². The summed E-state index contributed by atoms with van der Waals surface area (Å²) in [6.07, 6.45) is 5.68. The molecule has 3 nitrogen and oxygen atoms in total. The van der Waals surface area contributed by atoms with Gasteiger partial charge in [0.15, 0.2) is 0 Å². The van der Waals surface area contributed by atoms with Crippen LogP contribution in [0.25, 0.3) is 0 Å². The van der Waals surface area contributed by atoms with Gasteiger partial charge in [0, 0.05) is 5.69 Å². The van der Waals surface area contributed by atoms with Gasteiger partial charge in [-0.3, -0.25) is 4.79 Å². The van der Waals surface area contributed by atoms with E-state index in [0.717, 1.165) is 24.8 Å². The molecule has 2 N–H and O–H groups in total. The number of carbonyl (C=O) groups is 1. The maximum absolute atomic E-state index is 13.4. The molecule has 137 valence electrons. The molecule has 1 amide bonds. The van der Waals surface area contributed by atoms with Crippen molar-refractivity contribution in [1.29, 1.82) is 0 Å². The number of hydrogen-bond donors (Lipinski definition) is 2. The Morgan fingerprint density at radius 3 is 2.65 bits per heavy atom. The summed E-state index contributed by atoms with van der Waals surface area (Å²) in [5.74, 6) is -0.746. The highest BCUT2D eigenvalue weighted by molar-refractivity contribution is 6.31. The summed E-state index contributed by atoms with van der Waals surface area (Å²) in [7, 11) is 0. The maximum Gasteiger partial charge on any atom is 0.229 e. The van der Waals surface area contributed by atoms with Gasteiger partial charge in [0.2, 0.25) is 5.91 Å². The number of carbonyl (C=O) groups excluding carboxylic acids is 1. The molecule has 1 saturated carbocycles. The van der Waals surface area contributed by atoms with Crippen LogP contribution in [0.1, 0.15) is 44.1 Å². The van der Waals surface area contributed by atoms with E-state index < -0.39 is 11.5 Å². The minimum atomic E-state index is -0.584. The van der Waals surface area contributed by atoms with Crippen LogP contribution in [0.5, 0.6) is 0 Å². The molecule has 3 rings (SSSR count). The van der Waals surface area contributed by atoms with Gasteiger partial charge < -0.3 is 10.6 Å². The fourth-order valence-electron chi connectivity index (χ4n) is 3.34. The van der Waals surface area contributed by atoms with Crippen molar-refractivity contribution in [2.45, 2.75) is 44.2 Å². The lowest BCUT2D eigenvalue weighted by molar-refractivity contribution is -0.124. The van der Waals surface area contributed by atoms with E-state index in [9.17, 15) is 9.18 Å². The summed E-state index contributed by atoms with van der Waals surface area (Å²) in [4.78, 5) is 12.9. The highest BCUT2D eigenvalue weighted by Gasteiger charge is 2.35. The molecule has 0 bridgehead atoms. The van der Waals surface area contributed by atoms with Crippen LogP contribution in [0.15, 0.2) is 48.5 Å². The molecule has 0 aliphatic heterocycles. The smallest absolute Gasteiger partial charge is 0.229 e. The Bertz CT molecular complexity index is 760. The first-order valence-electron chi connectivity index (χ1n) is 8.91. The topological polar surface area (TPSA) is 41.1 Å². The minimum Gasteiger partial charge on any atom is -0.363 e. The number of benzene rings is 2. The van der Waals surface area contributed by atoms with E-state index in [-0.39, 0.29) is 16.8 Å². The molecule has 1 aliphatic rings. The number of nitrogens with one attached hydrogen (secondary N) is 2. The third-order valence-corrected chi connectivity index (χ3v) is 5.15. The number of anilines is 1.